The molecular weight excluding hydrogens is 184 g/mol. The van der Waals surface area contributed by atoms with Crippen LogP contribution in [0.4, 0.5) is 0 Å². The molecule has 6 heteroatoms. The topological polar surface area (TPSA) is 80.0 Å². The zero-order valence-electron chi connectivity index (χ0n) is 8.12. The maximum absolute atomic E-state index is 11.1. The molecule has 0 spiro atoms. The van der Waals surface area contributed by atoms with Crippen molar-refractivity contribution in [1.29, 1.82) is 0 Å². The highest BCUT2D eigenvalue weighted by atomic mass is 16.5. The highest BCUT2D eigenvalue weighted by Crippen LogP contribution is 1.89. The predicted octanol–water partition coefficient (Wildman–Crippen LogP) is -0.662. The predicted molar refractivity (Wildman–Crippen MR) is 49.6 cm³/mol. The van der Waals surface area contributed by atoms with E-state index in [0.717, 1.165) is 6.54 Å². The summed E-state index contributed by atoms with van der Waals surface area (Å²) in [6, 6.07) is 0. The minimum Gasteiger partial charge on any atom is -0.354 e. The molecule has 0 aromatic carbocycles. The van der Waals surface area contributed by atoms with E-state index in [1.165, 1.54) is 6.33 Å². The van der Waals surface area contributed by atoms with Crippen molar-refractivity contribution in [3.8, 4) is 0 Å². The number of carbonyl (C=O) groups is 1. The molecule has 0 aliphatic heterocycles. The molecule has 0 saturated heterocycles. The third-order valence-corrected chi connectivity index (χ3v) is 1.60. The summed E-state index contributed by atoms with van der Waals surface area (Å²) in [4.78, 5) is 14.9. The first kappa shape index (κ1) is 10.6. The van der Waals surface area contributed by atoms with E-state index in [9.17, 15) is 4.79 Å². The van der Waals surface area contributed by atoms with Crippen molar-refractivity contribution in [2.75, 3.05) is 19.6 Å². The molecule has 0 bridgehead atoms. The number of carbonyl (C=O) groups excluding carboxylic acids is 1. The average Bonchev–Trinajstić information content (AvgIpc) is 2.67. The Bertz CT molecular complexity index is 260. The first-order valence-electron chi connectivity index (χ1n) is 4.56. The van der Waals surface area contributed by atoms with Crippen molar-refractivity contribution < 1.29 is 9.32 Å². The van der Waals surface area contributed by atoms with Crippen LogP contribution in [-0.4, -0.2) is 35.7 Å². The second-order valence-corrected chi connectivity index (χ2v) is 2.72. The van der Waals surface area contributed by atoms with Crippen LogP contribution in [0.5, 0.6) is 0 Å². The van der Waals surface area contributed by atoms with Gasteiger partial charge in [-0.15, -0.1) is 0 Å². The lowest BCUT2D eigenvalue weighted by Crippen LogP contribution is -2.34. The van der Waals surface area contributed by atoms with Gasteiger partial charge in [0.15, 0.2) is 6.33 Å². The molecule has 0 aliphatic carbocycles. The van der Waals surface area contributed by atoms with Crippen LogP contribution < -0.4 is 10.6 Å². The van der Waals surface area contributed by atoms with Crippen LogP contribution in [0, 0.1) is 0 Å². The van der Waals surface area contributed by atoms with Crippen molar-refractivity contribution >= 4 is 5.91 Å². The van der Waals surface area contributed by atoms with Crippen LogP contribution in [-0.2, 0) is 11.2 Å². The summed E-state index contributed by atoms with van der Waals surface area (Å²) in [6.45, 7) is 3.61. The first-order chi connectivity index (χ1) is 6.83. The maximum atomic E-state index is 11.1. The largest absolute Gasteiger partial charge is 0.354 e. The molecule has 0 saturated carbocycles. The van der Waals surface area contributed by atoms with E-state index in [0.29, 0.717) is 25.4 Å². The van der Waals surface area contributed by atoms with E-state index in [4.69, 9.17) is 4.52 Å². The Balaban J connectivity index is 2.06. The normalized spacial score (nSPS) is 10.1. The molecule has 0 unspecified atom stereocenters. The molecule has 1 aromatic heterocycles. The van der Waals surface area contributed by atoms with Crippen LogP contribution in [0.2, 0.25) is 0 Å². The zero-order valence-corrected chi connectivity index (χ0v) is 8.12. The Hall–Kier alpha value is -1.43. The second-order valence-electron chi connectivity index (χ2n) is 2.72. The van der Waals surface area contributed by atoms with Gasteiger partial charge in [-0.05, 0) is 6.54 Å². The van der Waals surface area contributed by atoms with Gasteiger partial charge in [0.05, 0.1) is 6.54 Å². The fraction of sp³-hybridized carbons (Fsp3) is 0.625. The first-order valence-corrected chi connectivity index (χ1v) is 4.56. The lowest BCUT2D eigenvalue weighted by molar-refractivity contribution is -0.120. The van der Waals surface area contributed by atoms with Crippen LogP contribution in [0.1, 0.15) is 12.8 Å². The van der Waals surface area contributed by atoms with Crippen molar-refractivity contribution in [3.63, 3.8) is 0 Å². The van der Waals surface area contributed by atoms with Crippen LogP contribution in [0.15, 0.2) is 10.9 Å². The standard InChI is InChI=1S/C8H14N4O2/c1-2-9-5-7(13)10-4-3-8-11-6-12-14-8/h6,9H,2-5H2,1H3,(H,10,13). The van der Waals surface area contributed by atoms with Crippen LogP contribution in [0.3, 0.4) is 0 Å². The lowest BCUT2D eigenvalue weighted by atomic mass is 10.4. The van der Waals surface area contributed by atoms with Crippen molar-refractivity contribution in [1.82, 2.24) is 20.8 Å². The number of rotatable bonds is 6. The molecule has 0 aliphatic rings. The van der Waals surface area contributed by atoms with E-state index in [1.54, 1.807) is 0 Å². The number of amides is 1. The third kappa shape index (κ3) is 3.99. The van der Waals surface area contributed by atoms with Crippen molar-refractivity contribution in [2.45, 2.75) is 13.3 Å². The Kier molecular flexibility index (Phi) is 4.63. The van der Waals surface area contributed by atoms with E-state index < -0.39 is 0 Å². The molecular formula is C8H14N4O2. The smallest absolute Gasteiger partial charge is 0.233 e. The minimum absolute atomic E-state index is 0.0219. The van der Waals surface area contributed by atoms with Gasteiger partial charge in [0, 0.05) is 13.0 Å². The molecule has 14 heavy (non-hydrogen) atoms. The van der Waals surface area contributed by atoms with Gasteiger partial charge in [-0.3, -0.25) is 4.79 Å². The van der Waals surface area contributed by atoms with Gasteiger partial charge in [0.25, 0.3) is 0 Å². The SMILES string of the molecule is CCNCC(=O)NCCc1ncno1. The minimum atomic E-state index is -0.0219. The van der Waals surface area contributed by atoms with E-state index >= 15 is 0 Å². The van der Waals surface area contributed by atoms with Crippen LogP contribution >= 0.6 is 0 Å². The summed E-state index contributed by atoms with van der Waals surface area (Å²) < 4.78 is 4.77. The molecule has 1 rings (SSSR count). The van der Waals surface area contributed by atoms with E-state index in [-0.39, 0.29) is 5.91 Å². The molecule has 0 atom stereocenters. The lowest BCUT2D eigenvalue weighted by Gasteiger charge is -2.02. The number of nitrogens with one attached hydrogen (secondary N) is 2. The summed E-state index contributed by atoms with van der Waals surface area (Å²) >= 11 is 0. The van der Waals surface area contributed by atoms with E-state index in [1.807, 2.05) is 6.92 Å². The Morgan fingerprint density at radius 2 is 2.50 bits per heavy atom. The van der Waals surface area contributed by atoms with Gasteiger partial charge >= 0.3 is 0 Å². The molecule has 78 valence electrons. The molecule has 6 nitrogen and oxygen atoms in total. The number of hydrogen-bond acceptors (Lipinski definition) is 5. The fourth-order valence-corrected chi connectivity index (χ4v) is 0.916. The quantitative estimate of drug-likeness (QED) is 0.634. The molecule has 0 fully saturated rings. The summed E-state index contributed by atoms with van der Waals surface area (Å²) in [5.74, 6) is 0.514. The summed E-state index contributed by atoms with van der Waals surface area (Å²) in [5.41, 5.74) is 0. The highest BCUT2D eigenvalue weighted by Gasteiger charge is 2.01. The van der Waals surface area contributed by atoms with E-state index in [2.05, 4.69) is 20.8 Å². The van der Waals surface area contributed by atoms with Gasteiger partial charge in [-0.1, -0.05) is 12.1 Å². The Morgan fingerprint density at radius 1 is 1.64 bits per heavy atom. The van der Waals surface area contributed by atoms with Gasteiger partial charge in [0.2, 0.25) is 11.8 Å². The number of likely N-dealkylation sites (N-methyl/N-ethyl adjacent to an activating group) is 1. The Morgan fingerprint density at radius 3 is 3.14 bits per heavy atom. The van der Waals surface area contributed by atoms with Gasteiger partial charge in [0.1, 0.15) is 0 Å². The molecule has 0 radical (unpaired) electrons. The van der Waals surface area contributed by atoms with Gasteiger partial charge in [-0.2, -0.15) is 4.98 Å². The average molecular weight is 198 g/mol. The Labute approximate surface area is 82.1 Å². The number of nitrogens with zero attached hydrogens (tertiary/aromatic N) is 2. The summed E-state index contributed by atoms with van der Waals surface area (Å²) in [6.07, 6.45) is 1.91. The van der Waals surface area contributed by atoms with Gasteiger partial charge < -0.3 is 15.2 Å². The fourth-order valence-electron chi connectivity index (χ4n) is 0.916. The molecule has 2 N–H and O–H groups in total. The molecule has 1 heterocycles. The van der Waals surface area contributed by atoms with Gasteiger partial charge in [-0.25, -0.2) is 0 Å². The third-order valence-electron chi connectivity index (χ3n) is 1.60. The molecule has 1 amide bonds. The van der Waals surface area contributed by atoms with Crippen LogP contribution in [0.25, 0.3) is 0 Å². The monoisotopic (exact) mass is 198 g/mol. The summed E-state index contributed by atoms with van der Waals surface area (Å²) in [5, 5.41) is 9.11. The second kappa shape index (κ2) is 6.09. The number of aromatic nitrogens is 2. The summed E-state index contributed by atoms with van der Waals surface area (Å²) in [7, 11) is 0. The highest BCUT2D eigenvalue weighted by molar-refractivity contribution is 5.77. The van der Waals surface area contributed by atoms with Crippen molar-refractivity contribution in [2.24, 2.45) is 0 Å². The zero-order chi connectivity index (χ0) is 10.2. The van der Waals surface area contributed by atoms with Crippen molar-refractivity contribution in [3.05, 3.63) is 12.2 Å². The molecule has 1 aromatic rings. The maximum Gasteiger partial charge on any atom is 0.233 e. The number of hydrogen-bond donors (Lipinski definition) is 2.